The fourth-order valence-corrected chi connectivity index (χ4v) is 5.01. The molecule has 26 heavy (non-hydrogen) atoms. The number of thiophene rings is 1. The second-order valence-corrected chi connectivity index (χ2v) is 9.00. The average Bonchev–Trinajstić information content (AvgIpc) is 3.35. The van der Waals surface area contributed by atoms with Crippen LogP contribution in [0.4, 0.5) is 5.13 Å². The van der Waals surface area contributed by atoms with Gasteiger partial charge in [-0.25, -0.2) is 4.98 Å². The summed E-state index contributed by atoms with van der Waals surface area (Å²) in [6, 6.07) is 4.02. The maximum atomic E-state index is 6.03. The quantitative estimate of drug-likeness (QED) is 0.550. The van der Waals surface area contributed by atoms with Gasteiger partial charge in [0.2, 0.25) is 0 Å². The molecule has 3 heterocycles. The first kappa shape index (κ1) is 19.5. The van der Waals surface area contributed by atoms with Crippen LogP contribution in [0.1, 0.15) is 30.3 Å². The van der Waals surface area contributed by atoms with Gasteiger partial charge < -0.3 is 15.1 Å². The Bertz CT molecular complexity index is 721. The maximum Gasteiger partial charge on any atom is 0.193 e. The smallest absolute Gasteiger partial charge is 0.193 e. The molecule has 1 fully saturated rings. The van der Waals surface area contributed by atoms with E-state index in [1.807, 2.05) is 6.07 Å². The number of thiazole rings is 1. The third kappa shape index (κ3) is 5.34. The Hall–Kier alpha value is -1.31. The van der Waals surface area contributed by atoms with E-state index in [0.29, 0.717) is 0 Å². The van der Waals surface area contributed by atoms with Gasteiger partial charge in [-0.3, -0.25) is 4.99 Å². The molecule has 2 aromatic heterocycles. The van der Waals surface area contributed by atoms with Gasteiger partial charge in [0.25, 0.3) is 0 Å². The van der Waals surface area contributed by atoms with Gasteiger partial charge in [0.05, 0.1) is 16.6 Å². The number of hydrogen-bond acceptors (Lipinski definition) is 5. The maximum absolute atomic E-state index is 6.03. The molecule has 0 aromatic carbocycles. The summed E-state index contributed by atoms with van der Waals surface area (Å²) in [4.78, 5) is 15.3. The molecule has 5 nitrogen and oxygen atoms in total. The third-order valence-corrected chi connectivity index (χ3v) is 6.43. The van der Waals surface area contributed by atoms with Crippen LogP contribution in [0.25, 0.3) is 0 Å². The summed E-state index contributed by atoms with van der Waals surface area (Å²) in [6.07, 6.45) is 3.44. The van der Waals surface area contributed by atoms with E-state index >= 15 is 0 Å². The van der Waals surface area contributed by atoms with E-state index in [1.54, 1.807) is 22.7 Å². The van der Waals surface area contributed by atoms with E-state index in [0.717, 1.165) is 55.1 Å². The van der Waals surface area contributed by atoms with Crippen LogP contribution < -0.4 is 10.2 Å². The summed E-state index contributed by atoms with van der Waals surface area (Å²) in [7, 11) is 2.06. The van der Waals surface area contributed by atoms with Crippen molar-refractivity contribution >= 4 is 45.4 Å². The highest BCUT2D eigenvalue weighted by atomic mass is 35.5. The normalized spacial score (nSPS) is 14.9. The molecule has 0 bridgehead atoms. The van der Waals surface area contributed by atoms with Crippen molar-refractivity contribution in [3.8, 4) is 0 Å². The minimum atomic E-state index is 0.737. The topological polar surface area (TPSA) is 43.8 Å². The molecule has 0 saturated carbocycles. The van der Waals surface area contributed by atoms with Crippen LogP contribution in [0.2, 0.25) is 4.34 Å². The van der Waals surface area contributed by atoms with Gasteiger partial charge in [-0.2, -0.15) is 0 Å². The van der Waals surface area contributed by atoms with Crippen molar-refractivity contribution in [3.63, 3.8) is 0 Å². The first-order valence-corrected chi connectivity index (χ1v) is 11.2. The molecule has 0 radical (unpaired) electrons. The van der Waals surface area contributed by atoms with Crippen LogP contribution in [-0.2, 0) is 13.0 Å². The van der Waals surface area contributed by atoms with Gasteiger partial charge >= 0.3 is 0 Å². The lowest BCUT2D eigenvalue weighted by Gasteiger charge is -2.21. The van der Waals surface area contributed by atoms with Crippen molar-refractivity contribution in [2.45, 2.75) is 32.7 Å². The predicted molar refractivity (Wildman–Crippen MR) is 114 cm³/mol. The highest BCUT2D eigenvalue weighted by Crippen LogP contribution is 2.24. The molecule has 1 aliphatic rings. The monoisotopic (exact) mass is 411 g/mol. The Morgan fingerprint density at radius 3 is 2.88 bits per heavy atom. The molecule has 1 aliphatic heterocycles. The number of guanidine groups is 1. The fraction of sp³-hybridized carbons (Fsp3) is 0.556. The van der Waals surface area contributed by atoms with Crippen LogP contribution in [-0.4, -0.2) is 49.1 Å². The molecule has 0 spiro atoms. The Kier molecular flexibility index (Phi) is 7.16. The second kappa shape index (κ2) is 9.58. The number of anilines is 1. The van der Waals surface area contributed by atoms with Crippen LogP contribution in [0.3, 0.4) is 0 Å². The molecule has 0 amide bonds. The molecular formula is C18H26ClN5S2. The number of hydrogen-bond donors (Lipinski definition) is 1. The lowest BCUT2D eigenvalue weighted by atomic mass is 10.3. The van der Waals surface area contributed by atoms with Gasteiger partial charge in [-0.15, -0.1) is 22.7 Å². The first-order chi connectivity index (χ1) is 12.7. The number of halogens is 1. The van der Waals surface area contributed by atoms with E-state index in [1.165, 1.54) is 22.9 Å². The molecule has 0 aliphatic carbocycles. The number of rotatable bonds is 7. The molecule has 1 saturated heterocycles. The molecular weight excluding hydrogens is 386 g/mol. The zero-order chi connectivity index (χ0) is 18.4. The summed E-state index contributed by atoms with van der Waals surface area (Å²) in [5, 5.41) is 6.71. The van der Waals surface area contributed by atoms with Crippen molar-refractivity contribution < 1.29 is 0 Å². The summed E-state index contributed by atoms with van der Waals surface area (Å²) in [5.41, 5.74) is 1.14. The summed E-state index contributed by atoms with van der Waals surface area (Å²) < 4.78 is 0.827. The Morgan fingerprint density at radius 1 is 1.38 bits per heavy atom. The predicted octanol–water partition coefficient (Wildman–Crippen LogP) is 4.10. The minimum absolute atomic E-state index is 0.737. The van der Waals surface area contributed by atoms with Gasteiger partial charge in [-0.1, -0.05) is 11.6 Å². The molecule has 2 aromatic rings. The van der Waals surface area contributed by atoms with Gasteiger partial charge in [0.1, 0.15) is 0 Å². The zero-order valence-electron chi connectivity index (χ0n) is 15.4. The molecule has 142 valence electrons. The lowest BCUT2D eigenvalue weighted by Crippen LogP contribution is -2.38. The average molecular weight is 412 g/mol. The van der Waals surface area contributed by atoms with Crippen LogP contribution in [0.5, 0.6) is 0 Å². The van der Waals surface area contributed by atoms with Crippen molar-refractivity contribution in [2.75, 3.05) is 38.1 Å². The summed E-state index contributed by atoms with van der Waals surface area (Å²) >= 11 is 9.40. The second-order valence-electron chi connectivity index (χ2n) is 6.36. The Morgan fingerprint density at radius 2 is 2.19 bits per heavy atom. The summed E-state index contributed by atoms with van der Waals surface area (Å²) in [6.45, 7) is 6.78. The van der Waals surface area contributed by atoms with Crippen molar-refractivity contribution in [3.05, 3.63) is 32.4 Å². The van der Waals surface area contributed by atoms with E-state index in [4.69, 9.17) is 21.6 Å². The van der Waals surface area contributed by atoms with Crippen molar-refractivity contribution in [1.82, 2.24) is 15.2 Å². The standard InChI is InChI=1S/C18H26ClN5S2/c1-3-20-17(23(2)12-15-6-7-16(19)26-15)21-9-8-14-13-25-18(22-14)24-10-4-5-11-24/h6-7,13H,3-5,8-12H2,1-2H3,(H,20,21). The van der Waals surface area contributed by atoms with Gasteiger partial charge in [0, 0.05) is 49.9 Å². The van der Waals surface area contributed by atoms with E-state index in [9.17, 15) is 0 Å². The minimum Gasteiger partial charge on any atom is -0.357 e. The fourth-order valence-electron chi connectivity index (χ4n) is 2.96. The van der Waals surface area contributed by atoms with Gasteiger partial charge in [-0.05, 0) is 31.9 Å². The SMILES string of the molecule is CCNC(=NCCc1csc(N2CCCC2)n1)N(C)Cc1ccc(Cl)s1. The van der Waals surface area contributed by atoms with Crippen LogP contribution in [0.15, 0.2) is 22.5 Å². The molecule has 0 unspecified atom stereocenters. The zero-order valence-corrected chi connectivity index (χ0v) is 17.8. The highest BCUT2D eigenvalue weighted by Gasteiger charge is 2.15. The largest absolute Gasteiger partial charge is 0.357 e. The molecule has 1 N–H and O–H groups in total. The number of aliphatic imine (C=N–C) groups is 1. The Labute approximate surface area is 168 Å². The number of nitrogens with zero attached hydrogens (tertiary/aromatic N) is 4. The highest BCUT2D eigenvalue weighted by molar-refractivity contribution is 7.16. The van der Waals surface area contributed by atoms with Crippen LogP contribution in [0, 0.1) is 0 Å². The molecule has 8 heteroatoms. The molecule has 3 rings (SSSR count). The van der Waals surface area contributed by atoms with Gasteiger partial charge in [0.15, 0.2) is 11.1 Å². The summed E-state index contributed by atoms with van der Waals surface area (Å²) in [5.74, 6) is 0.923. The first-order valence-electron chi connectivity index (χ1n) is 9.08. The van der Waals surface area contributed by atoms with Crippen LogP contribution >= 0.6 is 34.3 Å². The van der Waals surface area contributed by atoms with Crippen molar-refractivity contribution in [2.24, 2.45) is 4.99 Å². The van der Waals surface area contributed by atoms with Crippen molar-refractivity contribution in [1.29, 1.82) is 0 Å². The van der Waals surface area contributed by atoms with E-state index < -0.39 is 0 Å². The number of nitrogens with one attached hydrogen (secondary N) is 1. The lowest BCUT2D eigenvalue weighted by molar-refractivity contribution is 0.481. The third-order valence-electron chi connectivity index (χ3n) is 4.26. The molecule has 0 atom stereocenters. The number of aromatic nitrogens is 1. The Balaban J connectivity index is 1.54. The van der Waals surface area contributed by atoms with E-state index in [2.05, 4.69) is 40.5 Å². The van der Waals surface area contributed by atoms with E-state index in [-0.39, 0.29) is 0 Å².